The summed E-state index contributed by atoms with van der Waals surface area (Å²) in [5, 5.41) is 8.21. The molecule has 2 aromatic carbocycles. The fourth-order valence-corrected chi connectivity index (χ4v) is 5.13. The second kappa shape index (κ2) is 10.3. The van der Waals surface area contributed by atoms with Crippen LogP contribution in [0.2, 0.25) is 0 Å². The van der Waals surface area contributed by atoms with Gasteiger partial charge in [0, 0.05) is 6.07 Å². The molecule has 0 fully saturated rings. The third kappa shape index (κ3) is 5.38. The molecule has 2 aliphatic rings. The molecule has 0 saturated heterocycles. The highest BCUT2D eigenvalue weighted by Crippen LogP contribution is 2.30. The van der Waals surface area contributed by atoms with Crippen molar-refractivity contribution < 1.29 is 27.4 Å². The summed E-state index contributed by atoms with van der Waals surface area (Å²) in [6.07, 6.45) is 1.49. The first-order chi connectivity index (χ1) is 16.8. The summed E-state index contributed by atoms with van der Waals surface area (Å²) in [6.45, 7) is 2.14. The van der Waals surface area contributed by atoms with Gasteiger partial charge >= 0.3 is 0 Å². The number of aliphatic imine (C=N–C) groups is 1. The Balaban J connectivity index is 1.40. The van der Waals surface area contributed by atoms with E-state index in [4.69, 9.17) is 19.6 Å². The normalized spacial score (nSPS) is 16.6. The van der Waals surface area contributed by atoms with Gasteiger partial charge in [-0.15, -0.1) is 0 Å². The van der Waals surface area contributed by atoms with Crippen molar-refractivity contribution in [2.24, 2.45) is 9.39 Å². The number of carbonyl (C=O) groups is 1. The highest BCUT2D eigenvalue weighted by molar-refractivity contribution is 8.16. The number of benzene rings is 2. The number of hydrogen-bond acceptors (Lipinski definition) is 9. The number of carbonyl (C=O) groups excluding carboxylic acids is 1. The molecule has 0 aromatic heterocycles. The fourth-order valence-electron chi connectivity index (χ4n) is 3.17. The van der Waals surface area contributed by atoms with Crippen molar-refractivity contribution in [3.8, 4) is 17.2 Å². The van der Waals surface area contributed by atoms with E-state index in [1.54, 1.807) is 37.4 Å². The van der Waals surface area contributed by atoms with E-state index in [0.717, 1.165) is 16.8 Å². The second-order valence-electron chi connectivity index (χ2n) is 7.26. The number of rotatable bonds is 8. The molecule has 2 aromatic rings. The quantitative estimate of drug-likeness (QED) is 0.323. The van der Waals surface area contributed by atoms with E-state index >= 15 is 0 Å². The number of nitrogens with one attached hydrogen (secondary N) is 1. The van der Waals surface area contributed by atoms with Crippen molar-refractivity contribution in [3.05, 3.63) is 59.7 Å². The summed E-state index contributed by atoms with van der Waals surface area (Å²) in [4.78, 5) is 17.5. The van der Waals surface area contributed by atoms with E-state index in [1.165, 1.54) is 13.0 Å². The lowest BCUT2D eigenvalue weighted by atomic mass is 10.1. The maximum absolute atomic E-state index is 12.5. The SMILES string of the molecule is CCS(=O)(=O)C1=NSC2=NC(=O)/C(=C\c3ccc(OCCOc4cccc(OC)c4)cc3)C(=N)N21. The monoisotopic (exact) mass is 514 g/mol. The molecular weight excluding hydrogens is 492 g/mol. The molecule has 0 unspecified atom stereocenters. The van der Waals surface area contributed by atoms with Gasteiger partial charge in [-0.2, -0.15) is 9.39 Å². The number of nitrogens with zero attached hydrogens (tertiary/aromatic N) is 3. The summed E-state index contributed by atoms with van der Waals surface area (Å²) in [7, 11) is -2.10. The Bertz CT molecular complexity index is 1350. The molecule has 10 nitrogen and oxygen atoms in total. The minimum absolute atomic E-state index is 0.0318. The minimum Gasteiger partial charge on any atom is -0.497 e. The van der Waals surface area contributed by atoms with Crippen LogP contribution in [0.25, 0.3) is 6.08 Å². The average Bonchev–Trinajstić information content (AvgIpc) is 3.30. The maximum Gasteiger partial charge on any atom is 0.283 e. The van der Waals surface area contributed by atoms with Gasteiger partial charge in [0.25, 0.3) is 5.91 Å². The van der Waals surface area contributed by atoms with E-state index in [0.29, 0.717) is 36.0 Å². The van der Waals surface area contributed by atoms with E-state index in [2.05, 4.69) is 9.39 Å². The van der Waals surface area contributed by atoms with E-state index in [1.807, 2.05) is 18.2 Å². The maximum atomic E-state index is 12.5. The zero-order valence-corrected chi connectivity index (χ0v) is 20.6. The molecule has 0 bridgehead atoms. The lowest BCUT2D eigenvalue weighted by Gasteiger charge is -2.24. The van der Waals surface area contributed by atoms with Gasteiger partial charge in [-0.25, -0.2) is 13.3 Å². The van der Waals surface area contributed by atoms with Crippen molar-refractivity contribution in [3.63, 3.8) is 0 Å². The topological polar surface area (TPSA) is 131 Å². The summed E-state index contributed by atoms with van der Waals surface area (Å²) < 4.78 is 45.1. The summed E-state index contributed by atoms with van der Waals surface area (Å²) >= 11 is 0.767. The third-order valence-corrected chi connectivity index (χ3v) is 7.41. The van der Waals surface area contributed by atoms with Crippen molar-refractivity contribution in [1.82, 2.24) is 4.90 Å². The molecule has 0 radical (unpaired) electrons. The fraction of sp³-hybridized carbons (Fsp3) is 0.217. The van der Waals surface area contributed by atoms with Crippen molar-refractivity contribution in [2.75, 3.05) is 26.1 Å². The van der Waals surface area contributed by atoms with Crippen LogP contribution in [0.3, 0.4) is 0 Å². The van der Waals surface area contributed by atoms with Crippen LogP contribution < -0.4 is 14.2 Å². The Morgan fingerprint density at radius 3 is 2.43 bits per heavy atom. The molecule has 35 heavy (non-hydrogen) atoms. The number of fused-ring (bicyclic) bond motifs is 1. The molecule has 2 heterocycles. The standard InChI is InChI=1S/C23H22N4O6S2/c1-3-35(29,30)23-26-34-22-25-21(28)19(20(24)27(22)23)13-15-7-9-16(10-8-15)32-11-12-33-18-6-4-5-17(14-18)31-2/h4-10,13-14,24H,3,11-12H2,1-2H3/b19-13-,24-20?. The number of sulfone groups is 1. The molecule has 1 amide bonds. The molecule has 4 rings (SSSR count). The molecule has 0 spiro atoms. The Morgan fingerprint density at radius 1 is 1.06 bits per heavy atom. The van der Waals surface area contributed by atoms with Gasteiger partial charge in [0.2, 0.25) is 20.2 Å². The van der Waals surface area contributed by atoms with Crippen LogP contribution >= 0.6 is 11.9 Å². The van der Waals surface area contributed by atoms with Crippen molar-refractivity contribution in [2.45, 2.75) is 6.92 Å². The van der Waals surface area contributed by atoms with Gasteiger partial charge in [0.05, 0.1) is 30.4 Å². The van der Waals surface area contributed by atoms with E-state index < -0.39 is 15.7 Å². The van der Waals surface area contributed by atoms with Crippen molar-refractivity contribution in [1.29, 1.82) is 5.41 Å². The third-order valence-electron chi connectivity index (χ3n) is 5.01. The lowest BCUT2D eigenvalue weighted by molar-refractivity contribution is -0.114. The van der Waals surface area contributed by atoms with Gasteiger partial charge in [0.1, 0.15) is 36.3 Å². The van der Waals surface area contributed by atoms with Crippen LogP contribution in [-0.4, -0.2) is 61.5 Å². The first-order valence-electron chi connectivity index (χ1n) is 10.5. The van der Waals surface area contributed by atoms with Gasteiger partial charge in [-0.05, 0) is 35.9 Å². The molecule has 2 aliphatic heterocycles. The lowest BCUT2D eigenvalue weighted by Crippen LogP contribution is -2.45. The molecule has 0 saturated carbocycles. The summed E-state index contributed by atoms with van der Waals surface area (Å²) in [5.41, 5.74) is 0.594. The number of amidine groups is 3. The largest absolute Gasteiger partial charge is 0.497 e. The number of methoxy groups -OCH3 is 1. The van der Waals surface area contributed by atoms with Gasteiger partial charge in [-0.1, -0.05) is 25.1 Å². The Hall–Kier alpha value is -3.64. The van der Waals surface area contributed by atoms with Crippen LogP contribution in [0.4, 0.5) is 0 Å². The van der Waals surface area contributed by atoms with Gasteiger partial charge < -0.3 is 14.2 Å². The molecule has 0 atom stereocenters. The summed E-state index contributed by atoms with van der Waals surface area (Å²) in [5.74, 6) is 0.897. The second-order valence-corrected chi connectivity index (χ2v) is 10.2. The molecule has 182 valence electrons. The highest BCUT2D eigenvalue weighted by atomic mass is 32.2. The summed E-state index contributed by atoms with van der Waals surface area (Å²) in [6, 6.07) is 14.2. The predicted octanol–water partition coefficient (Wildman–Crippen LogP) is 3.16. The first kappa shape index (κ1) is 24.5. The van der Waals surface area contributed by atoms with Gasteiger partial charge in [0.15, 0.2) is 0 Å². The van der Waals surface area contributed by atoms with Crippen LogP contribution in [-0.2, 0) is 14.6 Å². The zero-order valence-electron chi connectivity index (χ0n) is 18.9. The average molecular weight is 515 g/mol. The number of amides is 1. The highest BCUT2D eigenvalue weighted by Gasteiger charge is 2.42. The van der Waals surface area contributed by atoms with Crippen molar-refractivity contribution >= 4 is 49.9 Å². The predicted molar refractivity (Wildman–Crippen MR) is 135 cm³/mol. The van der Waals surface area contributed by atoms with Crippen LogP contribution in [0.15, 0.2) is 63.5 Å². The minimum atomic E-state index is -3.69. The van der Waals surface area contributed by atoms with Gasteiger partial charge in [-0.3, -0.25) is 10.2 Å². The van der Waals surface area contributed by atoms with Crippen LogP contribution in [0.1, 0.15) is 12.5 Å². The first-order valence-corrected chi connectivity index (χ1v) is 13.0. The molecule has 1 N–H and O–H groups in total. The molecular formula is C23H22N4O6S2. The van der Waals surface area contributed by atoms with E-state index in [9.17, 15) is 13.2 Å². The molecule has 12 heteroatoms. The smallest absolute Gasteiger partial charge is 0.283 e. The van der Waals surface area contributed by atoms with E-state index in [-0.39, 0.29) is 27.5 Å². The number of ether oxygens (including phenoxy) is 3. The zero-order chi connectivity index (χ0) is 25.0. The Morgan fingerprint density at radius 2 is 1.74 bits per heavy atom. The Labute approximate surface area is 206 Å². The molecule has 0 aliphatic carbocycles. The van der Waals surface area contributed by atoms with Crippen LogP contribution in [0, 0.1) is 5.41 Å². The Kier molecular flexibility index (Phi) is 7.22. The number of hydrogen-bond donors (Lipinski definition) is 1. The van der Waals surface area contributed by atoms with Crippen LogP contribution in [0.5, 0.6) is 17.2 Å².